The summed E-state index contributed by atoms with van der Waals surface area (Å²) in [6.07, 6.45) is 0. The van der Waals surface area contributed by atoms with Gasteiger partial charge in [0.2, 0.25) is 0 Å². The van der Waals surface area contributed by atoms with Gasteiger partial charge in [-0.05, 0) is 19.1 Å². The molecule has 5 nitrogen and oxygen atoms in total. The maximum atomic E-state index is 13.4. The second-order valence-electron chi connectivity index (χ2n) is 4.19. The summed E-state index contributed by atoms with van der Waals surface area (Å²) >= 11 is -5.01. The lowest BCUT2D eigenvalue weighted by atomic mass is 10.2. The first-order valence-electron chi connectivity index (χ1n) is 5.40. The molecule has 0 aliphatic rings. The minimum atomic E-state index is -6.77. The smallest absolute Gasteiger partial charge is 0.450 e. The Morgan fingerprint density at radius 2 is 1.48 bits per heavy atom. The summed E-state index contributed by atoms with van der Waals surface area (Å²) in [7, 11) is -6.64. The van der Waals surface area contributed by atoms with Gasteiger partial charge in [0.05, 0.1) is 0 Å². The second kappa shape index (κ2) is 5.94. The minimum absolute atomic E-state index is 0.528. The third kappa shape index (κ3) is 3.30. The number of halogens is 6. The summed E-state index contributed by atoms with van der Waals surface area (Å²) in [6.45, 7) is 1.52. The van der Waals surface area contributed by atoms with Crippen molar-refractivity contribution in [2.75, 3.05) is 0 Å². The summed E-state index contributed by atoms with van der Waals surface area (Å²) in [6, 6.07) is 3.96. The zero-order chi connectivity index (χ0) is 18.3. The van der Waals surface area contributed by atoms with Crippen molar-refractivity contribution in [2.24, 2.45) is 0 Å². The molecule has 0 aromatic heterocycles. The van der Waals surface area contributed by atoms with Crippen molar-refractivity contribution >= 4 is 21.2 Å². The number of aryl methyl sites for hydroxylation is 1. The van der Waals surface area contributed by atoms with E-state index < -0.39 is 43.4 Å². The standard InChI is InChI=1S/C10H8F6O5S2/c1-6-2-4-7(5-3-6)21-23(19,20)10(15,16)8(11,12)9(13,14)22(17)18/h2-5H,1H3,(H,17,18)/p-1. The van der Waals surface area contributed by atoms with Crippen molar-refractivity contribution < 1.29 is 47.7 Å². The molecule has 0 fully saturated rings. The second-order valence-corrected chi connectivity index (χ2v) is 6.76. The van der Waals surface area contributed by atoms with E-state index in [4.69, 9.17) is 0 Å². The molecule has 1 aromatic carbocycles. The van der Waals surface area contributed by atoms with Gasteiger partial charge in [-0.3, -0.25) is 4.21 Å². The van der Waals surface area contributed by atoms with Crippen LogP contribution in [0.3, 0.4) is 0 Å². The van der Waals surface area contributed by atoms with Crippen LogP contribution in [0.1, 0.15) is 5.56 Å². The van der Waals surface area contributed by atoms with Gasteiger partial charge in [0, 0.05) is 11.1 Å². The quantitative estimate of drug-likeness (QED) is 0.427. The molecule has 0 saturated heterocycles. The molecule has 0 bridgehead atoms. The average molecular weight is 385 g/mol. The van der Waals surface area contributed by atoms with Crippen LogP contribution in [-0.4, -0.2) is 33.6 Å². The van der Waals surface area contributed by atoms with Crippen LogP contribution in [0.5, 0.6) is 5.75 Å². The molecule has 0 radical (unpaired) electrons. The normalized spacial score (nSPS) is 15.3. The van der Waals surface area contributed by atoms with Gasteiger partial charge in [-0.2, -0.15) is 34.8 Å². The van der Waals surface area contributed by atoms with Crippen LogP contribution in [0.15, 0.2) is 24.3 Å². The molecule has 1 rings (SSSR count). The fourth-order valence-electron chi connectivity index (χ4n) is 1.20. The first-order valence-corrected chi connectivity index (χ1v) is 7.88. The van der Waals surface area contributed by atoms with Gasteiger partial charge in [-0.15, -0.1) is 0 Å². The van der Waals surface area contributed by atoms with Crippen LogP contribution in [0.25, 0.3) is 0 Å². The summed E-state index contributed by atoms with van der Waals surface area (Å²) in [5.41, 5.74) is 0.528. The van der Waals surface area contributed by atoms with Gasteiger partial charge in [0.15, 0.2) is 0 Å². The van der Waals surface area contributed by atoms with Crippen LogP contribution in [0.2, 0.25) is 0 Å². The molecule has 0 heterocycles. The predicted molar refractivity (Wildman–Crippen MR) is 64.5 cm³/mol. The van der Waals surface area contributed by atoms with Crippen LogP contribution < -0.4 is 4.18 Å². The highest BCUT2D eigenvalue weighted by molar-refractivity contribution is 7.88. The molecular weight excluding hydrogens is 378 g/mol. The molecule has 23 heavy (non-hydrogen) atoms. The minimum Gasteiger partial charge on any atom is -0.768 e. The molecular formula is C10H7F6O5S2-. The number of benzene rings is 1. The van der Waals surface area contributed by atoms with Crippen LogP contribution in [0, 0.1) is 6.92 Å². The average Bonchev–Trinajstić information content (AvgIpc) is 2.40. The van der Waals surface area contributed by atoms with Gasteiger partial charge < -0.3 is 8.74 Å². The molecule has 0 aliphatic carbocycles. The summed E-state index contributed by atoms with van der Waals surface area (Å²) in [5.74, 6) is -7.62. The maximum Gasteiger partial charge on any atom is 0.450 e. The van der Waals surface area contributed by atoms with E-state index in [2.05, 4.69) is 4.18 Å². The summed E-state index contributed by atoms with van der Waals surface area (Å²) in [4.78, 5) is 0. The SMILES string of the molecule is Cc1ccc(OS(=O)(=O)C(F)(F)C(F)(F)C(F)(F)S(=O)[O-])cc1. The number of rotatable bonds is 6. The number of hydrogen-bond donors (Lipinski definition) is 0. The van der Waals surface area contributed by atoms with Gasteiger partial charge in [-0.1, -0.05) is 17.7 Å². The molecule has 13 heteroatoms. The van der Waals surface area contributed by atoms with E-state index in [1.54, 1.807) is 0 Å². The van der Waals surface area contributed by atoms with E-state index in [1.807, 2.05) is 0 Å². The number of hydrogen-bond acceptors (Lipinski definition) is 5. The molecule has 0 amide bonds. The number of alkyl halides is 6. The topological polar surface area (TPSA) is 83.5 Å². The van der Waals surface area contributed by atoms with E-state index in [1.165, 1.54) is 19.1 Å². The Balaban J connectivity index is 3.29. The van der Waals surface area contributed by atoms with Crippen molar-refractivity contribution in [3.63, 3.8) is 0 Å². The lowest BCUT2D eigenvalue weighted by molar-refractivity contribution is -0.245. The van der Waals surface area contributed by atoms with Crippen molar-refractivity contribution in [3.8, 4) is 5.75 Å². The van der Waals surface area contributed by atoms with Gasteiger partial charge in [-0.25, -0.2) is 0 Å². The van der Waals surface area contributed by atoms with Gasteiger partial charge in [0.1, 0.15) is 5.75 Å². The Bertz CT molecular complexity index is 701. The largest absolute Gasteiger partial charge is 0.768 e. The highest BCUT2D eigenvalue weighted by Crippen LogP contribution is 2.49. The van der Waals surface area contributed by atoms with Crippen LogP contribution in [-0.2, 0) is 21.2 Å². The zero-order valence-electron chi connectivity index (χ0n) is 10.9. The zero-order valence-corrected chi connectivity index (χ0v) is 12.6. The lowest BCUT2D eigenvalue weighted by Gasteiger charge is -2.32. The molecule has 0 N–H and O–H groups in total. The Morgan fingerprint density at radius 1 is 1.04 bits per heavy atom. The van der Waals surface area contributed by atoms with Crippen molar-refractivity contribution in [2.45, 2.75) is 23.4 Å². The highest BCUT2D eigenvalue weighted by Gasteiger charge is 2.79. The third-order valence-electron chi connectivity index (χ3n) is 2.48. The third-order valence-corrected chi connectivity index (χ3v) is 4.45. The molecule has 1 aromatic rings. The fourth-order valence-corrected chi connectivity index (χ4v) is 2.52. The molecule has 0 aliphatic heterocycles. The van der Waals surface area contributed by atoms with Crippen molar-refractivity contribution in [3.05, 3.63) is 29.8 Å². The van der Waals surface area contributed by atoms with Gasteiger partial charge >= 0.3 is 26.5 Å². The summed E-state index contributed by atoms with van der Waals surface area (Å²) in [5, 5.41) is -12.9. The van der Waals surface area contributed by atoms with Crippen LogP contribution >= 0.6 is 0 Å². The van der Waals surface area contributed by atoms with E-state index in [9.17, 15) is 43.5 Å². The molecule has 1 atom stereocenters. The van der Waals surface area contributed by atoms with Crippen molar-refractivity contribution in [1.82, 2.24) is 0 Å². The molecule has 1 unspecified atom stereocenters. The first-order chi connectivity index (χ1) is 10.2. The van der Waals surface area contributed by atoms with Crippen molar-refractivity contribution in [1.29, 1.82) is 0 Å². The maximum absolute atomic E-state index is 13.4. The van der Waals surface area contributed by atoms with Gasteiger partial charge in [0.25, 0.3) is 0 Å². The first kappa shape index (κ1) is 19.7. The lowest BCUT2D eigenvalue weighted by Crippen LogP contribution is -2.60. The van der Waals surface area contributed by atoms with E-state index in [0.717, 1.165) is 12.1 Å². The van der Waals surface area contributed by atoms with E-state index in [0.29, 0.717) is 5.56 Å². The fraction of sp³-hybridized carbons (Fsp3) is 0.400. The Labute approximate surface area is 128 Å². The van der Waals surface area contributed by atoms with Crippen LogP contribution in [0.4, 0.5) is 26.3 Å². The monoisotopic (exact) mass is 385 g/mol. The molecule has 0 saturated carbocycles. The molecule has 0 spiro atoms. The summed E-state index contributed by atoms with van der Waals surface area (Å²) < 4.78 is 125. The van der Waals surface area contributed by atoms with E-state index >= 15 is 0 Å². The Morgan fingerprint density at radius 3 is 1.87 bits per heavy atom. The van der Waals surface area contributed by atoms with E-state index in [-0.39, 0.29) is 0 Å². The highest BCUT2D eigenvalue weighted by atomic mass is 32.2. The molecule has 132 valence electrons. The Kier molecular flexibility index (Phi) is 5.09. The predicted octanol–water partition coefficient (Wildman–Crippen LogP) is 2.40. The Hall–Kier alpha value is -1.34.